The third-order valence-corrected chi connectivity index (χ3v) is 6.23. The number of nitrogens with zero attached hydrogens (tertiary/aromatic N) is 3. The average Bonchev–Trinajstić information content (AvgIpc) is 3.06. The first-order valence-electron chi connectivity index (χ1n) is 9.99. The summed E-state index contributed by atoms with van der Waals surface area (Å²) in [6.45, 7) is 8.56. The molecule has 6 nitrogen and oxygen atoms in total. The van der Waals surface area contributed by atoms with Gasteiger partial charge in [0.1, 0.15) is 12.4 Å². The Morgan fingerprint density at radius 2 is 1.84 bits per heavy atom. The van der Waals surface area contributed by atoms with Crippen LogP contribution in [0.5, 0.6) is 5.75 Å². The standard InChI is InChI=1S/C23H27ClN4O2S/c1-15(21(29)25-17-12-10-16(11-13-17)23(2,3)4)31-22-27-26-20(28(22)5)14-30-19-9-7-6-8-18(19)24/h6-13,15H,14H2,1-5H3,(H,25,29)/t15-/m0/s1. The van der Waals surface area contributed by atoms with Gasteiger partial charge in [-0.1, -0.05) is 68.4 Å². The van der Waals surface area contributed by atoms with E-state index in [-0.39, 0.29) is 23.2 Å². The van der Waals surface area contributed by atoms with Crippen molar-refractivity contribution in [2.45, 2.75) is 50.1 Å². The first-order chi connectivity index (χ1) is 14.6. The predicted octanol–water partition coefficient (Wildman–Crippen LogP) is 5.46. The number of aromatic nitrogens is 3. The number of benzene rings is 2. The van der Waals surface area contributed by atoms with Crippen LogP contribution in [0.3, 0.4) is 0 Å². The van der Waals surface area contributed by atoms with E-state index in [0.717, 1.165) is 5.69 Å². The highest BCUT2D eigenvalue weighted by Crippen LogP contribution is 2.27. The summed E-state index contributed by atoms with van der Waals surface area (Å²) < 4.78 is 7.56. The number of ether oxygens (including phenoxy) is 1. The summed E-state index contributed by atoms with van der Waals surface area (Å²) in [5.41, 5.74) is 2.07. The highest BCUT2D eigenvalue weighted by atomic mass is 35.5. The van der Waals surface area contributed by atoms with Gasteiger partial charge in [-0.05, 0) is 42.2 Å². The lowest BCUT2D eigenvalue weighted by Gasteiger charge is -2.19. The van der Waals surface area contributed by atoms with E-state index >= 15 is 0 Å². The Kier molecular flexibility index (Phi) is 7.28. The van der Waals surface area contributed by atoms with Crippen LogP contribution in [0, 0.1) is 0 Å². The molecule has 0 saturated carbocycles. The first-order valence-corrected chi connectivity index (χ1v) is 11.2. The van der Waals surface area contributed by atoms with Crippen LogP contribution in [0.4, 0.5) is 5.69 Å². The molecule has 0 aliphatic rings. The van der Waals surface area contributed by atoms with Crippen LogP contribution in [-0.4, -0.2) is 25.9 Å². The van der Waals surface area contributed by atoms with Crippen molar-refractivity contribution in [1.82, 2.24) is 14.8 Å². The lowest BCUT2D eigenvalue weighted by molar-refractivity contribution is -0.115. The number of para-hydroxylation sites is 1. The number of amides is 1. The predicted molar refractivity (Wildman–Crippen MR) is 126 cm³/mol. The number of rotatable bonds is 7. The molecule has 1 heterocycles. The number of nitrogens with one attached hydrogen (secondary N) is 1. The molecule has 0 spiro atoms. The van der Waals surface area contributed by atoms with Crippen LogP contribution >= 0.6 is 23.4 Å². The van der Waals surface area contributed by atoms with Crippen LogP contribution in [0.15, 0.2) is 53.7 Å². The molecule has 3 aromatic rings. The third-order valence-electron chi connectivity index (χ3n) is 4.79. The normalized spacial score (nSPS) is 12.5. The minimum Gasteiger partial charge on any atom is -0.484 e. The molecule has 0 aliphatic heterocycles. The molecule has 1 aromatic heterocycles. The van der Waals surface area contributed by atoms with E-state index < -0.39 is 0 Å². The maximum atomic E-state index is 12.6. The fourth-order valence-corrected chi connectivity index (χ4v) is 3.81. The first kappa shape index (κ1) is 23.2. The SMILES string of the molecule is C[C@H](Sc1nnc(COc2ccccc2Cl)n1C)C(=O)Nc1ccc(C(C)(C)C)cc1. The Morgan fingerprint density at radius 1 is 1.16 bits per heavy atom. The Bertz CT molecular complexity index is 1040. The maximum absolute atomic E-state index is 12.6. The van der Waals surface area contributed by atoms with Gasteiger partial charge in [-0.25, -0.2) is 0 Å². The van der Waals surface area contributed by atoms with Gasteiger partial charge in [-0.3, -0.25) is 4.79 Å². The van der Waals surface area contributed by atoms with Crippen LogP contribution in [0.25, 0.3) is 0 Å². The van der Waals surface area contributed by atoms with E-state index in [9.17, 15) is 4.79 Å². The monoisotopic (exact) mass is 458 g/mol. The quantitative estimate of drug-likeness (QED) is 0.476. The van der Waals surface area contributed by atoms with E-state index in [1.165, 1.54) is 17.3 Å². The fourth-order valence-electron chi connectivity index (χ4n) is 2.79. The second kappa shape index (κ2) is 9.75. The van der Waals surface area contributed by atoms with Crippen molar-refractivity contribution in [3.8, 4) is 5.75 Å². The number of hydrogen-bond donors (Lipinski definition) is 1. The number of carbonyl (C=O) groups is 1. The molecular formula is C23H27ClN4O2S. The number of hydrogen-bond acceptors (Lipinski definition) is 5. The number of halogens is 1. The van der Waals surface area contributed by atoms with Gasteiger partial charge in [0.25, 0.3) is 0 Å². The molecule has 164 valence electrons. The molecule has 0 aliphatic carbocycles. The van der Waals surface area contributed by atoms with Gasteiger partial charge >= 0.3 is 0 Å². The van der Waals surface area contributed by atoms with E-state index in [0.29, 0.717) is 21.8 Å². The Labute approximate surface area is 192 Å². The zero-order valence-electron chi connectivity index (χ0n) is 18.3. The largest absolute Gasteiger partial charge is 0.484 e. The summed E-state index contributed by atoms with van der Waals surface area (Å²) in [7, 11) is 1.85. The lowest BCUT2D eigenvalue weighted by atomic mass is 9.87. The fraction of sp³-hybridized carbons (Fsp3) is 0.348. The Hall–Kier alpha value is -2.51. The van der Waals surface area contributed by atoms with Crippen molar-refractivity contribution in [3.63, 3.8) is 0 Å². The molecule has 1 atom stereocenters. The van der Waals surface area contributed by atoms with Crippen molar-refractivity contribution in [1.29, 1.82) is 0 Å². The highest BCUT2D eigenvalue weighted by molar-refractivity contribution is 8.00. The minimum atomic E-state index is -0.345. The van der Waals surface area contributed by atoms with E-state index in [1.807, 2.05) is 54.9 Å². The molecule has 0 radical (unpaired) electrons. The summed E-state index contributed by atoms with van der Waals surface area (Å²) in [6.07, 6.45) is 0. The van der Waals surface area contributed by atoms with Gasteiger partial charge < -0.3 is 14.6 Å². The maximum Gasteiger partial charge on any atom is 0.237 e. The summed E-state index contributed by atoms with van der Waals surface area (Å²) in [5.74, 6) is 1.14. The third kappa shape index (κ3) is 6.02. The van der Waals surface area contributed by atoms with Gasteiger partial charge in [-0.15, -0.1) is 10.2 Å². The van der Waals surface area contributed by atoms with Gasteiger partial charge in [0.15, 0.2) is 11.0 Å². The zero-order valence-corrected chi connectivity index (χ0v) is 19.9. The molecule has 1 amide bonds. The highest BCUT2D eigenvalue weighted by Gasteiger charge is 2.20. The smallest absolute Gasteiger partial charge is 0.237 e. The molecule has 2 aromatic carbocycles. The Balaban J connectivity index is 1.58. The number of carbonyl (C=O) groups excluding carboxylic acids is 1. The van der Waals surface area contributed by atoms with Crippen LogP contribution in [0.1, 0.15) is 39.1 Å². The molecule has 1 N–H and O–H groups in total. The van der Waals surface area contributed by atoms with Crippen molar-refractivity contribution in [2.24, 2.45) is 7.05 Å². The van der Waals surface area contributed by atoms with Crippen molar-refractivity contribution < 1.29 is 9.53 Å². The summed E-state index contributed by atoms with van der Waals surface area (Å²) in [6, 6.07) is 15.2. The number of anilines is 1. The van der Waals surface area contributed by atoms with Crippen molar-refractivity contribution >= 4 is 35.0 Å². The summed E-state index contributed by atoms with van der Waals surface area (Å²) in [5, 5.41) is 12.2. The Morgan fingerprint density at radius 3 is 2.48 bits per heavy atom. The summed E-state index contributed by atoms with van der Waals surface area (Å²) >= 11 is 7.47. The van der Waals surface area contributed by atoms with E-state index in [4.69, 9.17) is 16.3 Å². The minimum absolute atomic E-state index is 0.0736. The molecule has 31 heavy (non-hydrogen) atoms. The topological polar surface area (TPSA) is 69.0 Å². The molecule has 0 unspecified atom stereocenters. The number of thioether (sulfide) groups is 1. The molecular weight excluding hydrogens is 432 g/mol. The van der Waals surface area contributed by atoms with Crippen LogP contribution in [0.2, 0.25) is 5.02 Å². The van der Waals surface area contributed by atoms with Gasteiger partial charge in [0, 0.05) is 12.7 Å². The van der Waals surface area contributed by atoms with E-state index in [1.54, 1.807) is 12.1 Å². The van der Waals surface area contributed by atoms with Gasteiger partial charge in [0.05, 0.1) is 10.3 Å². The average molecular weight is 459 g/mol. The lowest BCUT2D eigenvalue weighted by Crippen LogP contribution is -2.23. The second-order valence-corrected chi connectivity index (χ2v) is 9.97. The molecule has 0 saturated heterocycles. The molecule has 3 rings (SSSR count). The van der Waals surface area contributed by atoms with Gasteiger partial charge in [0.2, 0.25) is 5.91 Å². The molecule has 0 fully saturated rings. The molecule has 0 bridgehead atoms. The van der Waals surface area contributed by atoms with Crippen molar-refractivity contribution in [2.75, 3.05) is 5.32 Å². The second-order valence-electron chi connectivity index (χ2n) is 8.25. The van der Waals surface area contributed by atoms with Gasteiger partial charge in [-0.2, -0.15) is 0 Å². The summed E-state index contributed by atoms with van der Waals surface area (Å²) in [4.78, 5) is 12.6. The van der Waals surface area contributed by atoms with Crippen LogP contribution in [-0.2, 0) is 23.9 Å². The van der Waals surface area contributed by atoms with Crippen LogP contribution < -0.4 is 10.1 Å². The van der Waals surface area contributed by atoms with Crippen molar-refractivity contribution in [3.05, 3.63) is 64.9 Å². The zero-order chi connectivity index (χ0) is 22.6. The molecule has 8 heteroatoms. The van der Waals surface area contributed by atoms with E-state index in [2.05, 4.69) is 36.3 Å².